The number of rotatable bonds is 7. The Morgan fingerprint density at radius 1 is 1.32 bits per heavy atom. The Labute approximate surface area is 121 Å². The molecule has 0 radical (unpaired) electrons. The Morgan fingerprint density at radius 3 is 2.32 bits per heavy atom. The third kappa shape index (κ3) is 3.93. The Kier molecular flexibility index (Phi) is 6.27. The molecule has 0 saturated heterocycles. The Bertz CT molecular complexity index is 380. The van der Waals surface area contributed by atoms with Gasteiger partial charge < -0.3 is 10.5 Å². The zero-order valence-corrected chi connectivity index (χ0v) is 13.1. The number of nitrogens with zero attached hydrogens (tertiary/aromatic N) is 1. The molecule has 108 valence electrons. The van der Waals surface area contributed by atoms with Crippen LogP contribution in [0, 0.1) is 5.92 Å². The monoisotopic (exact) mass is 284 g/mol. The summed E-state index contributed by atoms with van der Waals surface area (Å²) in [5.41, 5.74) is 7.11. The van der Waals surface area contributed by atoms with E-state index in [-0.39, 0.29) is 5.54 Å². The normalized spacial score (nSPS) is 14.9. The lowest BCUT2D eigenvalue weighted by molar-refractivity contribution is -0.00555. The SMILES string of the molecule is COCC(CN)(C(C)C)N(C)Cc1ccc(Cl)cc1. The average molecular weight is 285 g/mol. The molecule has 0 aliphatic rings. The molecule has 2 N–H and O–H groups in total. The predicted octanol–water partition coefficient (Wildman–Crippen LogP) is 2.77. The van der Waals surface area contributed by atoms with Gasteiger partial charge in [-0.25, -0.2) is 0 Å². The van der Waals surface area contributed by atoms with Crippen molar-refractivity contribution in [1.82, 2.24) is 4.90 Å². The van der Waals surface area contributed by atoms with Gasteiger partial charge in [0, 0.05) is 25.2 Å². The summed E-state index contributed by atoms with van der Waals surface area (Å²) in [6.45, 7) is 6.40. The van der Waals surface area contributed by atoms with E-state index in [2.05, 4.69) is 25.8 Å². The summed E-state index contributed by atoms with van der Waals surface area (Å²) in [5.74, 6) is 0.412. The van der Waals surface area contributed by atoms with E-state index >= 15 is 0 Å². The smallest absolute Gasteiger partial charge is 0.0661 e. The maximum Gasteiger partial charge on any atom is 0.0661 e. The van der Waals surface area contributed by atoms with Crippen LogP contribution < -0.4 is 5.73 Å². The molecule has 0 heterocycles. The van der Waals surface area contributed by atoms with E-state index in [4.69, 9.17) is 22.1 Å². The van der Waals surface area contributed by atoms with Crippen LogP contribution in [-0.2, 0) is 11.3 Å². The van der Waals surface area contributed by atoms with Gasteiger partial charge in [-0.3, -0.25) is 4.90 Å². The largest absolute Gasteiger partial charge is 0.383 e. The first kappa shape index (κ1) is 16.4. The quantitative estimate of drug-likeness (QED) is 0.837. The molecule has 0 amide bonds. The van der Waals surface area contributed by atoms with Crippen molar-refractivity contribution >= 4 is 11.6 Å². The zero-order chi connectivity index (χ0) is 14.5. The van der Waals surface area contributed by atoms with Crippen LogP contribution in [0.2, 0.25) is 5.02 Å². The second-order valence-electron chi connectivity index (χ2n) is 5.38. The standard InChI is InChI=1S/C15H25ClN2O/c1-12(2)15(10-17,11-19-4)18(3)9-13-5-7-14(16)8-6-13/h5-8,12H,9-11,17H2,1-4H3. The van der Waals surface area contributed by atoms with E-state index in [1.807, 2.05) is 24.3 Å². The van der Waals surface area contributed by atoms with Crippen LogP contribution in [0.3, 0.4) is 0 Å². The third-order valence-corrected chi connectivity index (χ3v) is 4.17. The summed E-state index contributed by atoms with van der Waals surface area (Å²) < 4.78 is 5.39. The molecule has 19 heavy (non-hydrogen) atoms. The Morgan fingerprint density at radius 2 is 1.89 bits per heavy atom. The molecule has 0 bridgehead atoms. The summed E-state index contributed by atoms with van der Waals surface area (Å²) in [6, 6.07) is 7.93. The molecule has 0 aliphatic carbocycles. The molecule has 3 nitrogen and oxygen atoms in total. The lowest BCUT2D eigenvalue weighted by Crippen LogP contribution is -2.58. The van der Waals surface area contributed by atoms with Gasteiger partial charge in [0.25, 0.3) is 0 Å². The number of methoxy groups -OCH3 is 1. The van der Waals surface area contributed by atoms with Crippen LogP contribution in [0.1, 0.15) is 19.4 Å². The minimum absolute atomic E-state index is 0.144. The van der Waals surface area contributed by atoms with Gasteiger partial charge in [0.15, 0.2) is 0 Å². The number of ether oxygens (including phenoxy) is 1. The molecule has 0 saturated carbocycles. The van der Waals surface area contributed by atoms with Gasteiger partial charge in [-0.1, -0.05) is 37.6 Å². The molecule has 0 spiro atoms. The number of hydrogen-bond acceptors (Lipinski definition) is 3. The van der Waals surface area contributed by atoms with Crippen molar-refractivity contribution in [1.29, 1.82) is 0 Å². The number of likely N-dealkylation sites (N-methyl/N-ethyl adjacent to an activating group) is 1. The second kappa shape index (κ2) is 7.25. The van der Waals surface area contributed by atoms with Crippen LogP contribution in [0.15, 0.2) is 24.3 Å². The molecular formula is C15H25ClN2O. The van der Waals surface area contributed by atoms with Gasteiger partial charge in [0.2, 0.25) is 0 Å². The van der Waals surface area contributed by atoms with Crippen molar-refractivity contribution in [2.24, 2.45) is 11.7 Å². The van der Waals surface area contributed by atoms with Crippen LogP contribution in [0.4, 0.5) is 0 Å². The van der Waals surface area contributed by atoms with E-state index in [9.17, 15) is 0 Å². The van der Waals surface area contributed by atoms with Gasteiger partial charge in [0.1, 0.15) is 0 Å². The highest BCUT2D eigenvalue weighted by Gasteiger charge is 2.36. The molecule has 1 aromatic carbocycles. The second-order valence-corrected chi connectivity index (χ2v) is 5.81. The van der Waals surface area contributed by atoms with Crippen LogP contribution in [0.5, 0.6) is 0 Å². The van der Waals surface area contributed by atoms with Crippen molar-refractivity contribution in [3.8, 4) is 0 Å². The van der Waals surface area contributed by atoms with Crippen LogP contribution in [0.25, 0.3) is 0 Å². The van der Waals surface area contributed by atoms with Crippen LogP contribution >= 0.6 is 11.6 Å². The van der Waals surface area contributed by atoms with E-state index < -0.39 is 0 Å². The highest BCUT2D eigenvalue weighted by Crippen LogP contribution is 2.25. The number of halogens is 1. The fourth-order valence-electron chi connectivity index (χ4n) is 2.44. The van der Waals surface area contributed by atoms with Crippen LogP contribution in [-0.4, -0.2) is 37.7 Å². The highest BCUT2D eigenvalue weighted by molar-refractivity contribution is 6.30. The topological polar surface area (TPSA) is 38.5 Å². The molecular weight excluding hydrogens is 260 g/mol. The fourth-order valence-corrected chi connectivity index (χ4v) is 2.57. The summed E-state index contributed by atoms with van der Waals surface area (Å²) in [5, 5.41) is 0.761. The third-order valence-electron chi connectivity index (χ3n) is 3.92. The Balaban J connectivity index is 2.87. The predicted molar refractivity (Wildman–Crippen MR) is 81.4 cm³/mol. The van der Waals surface area contributed by atoms with Gasteiger partial charge in [0.05, 0.1) is 12.1 Å². The molecule has 1 atom stereocenters. The van der Waals surface area contributed by atoms with E-state index in [0.29, 0.717) is 19.1 Å². The summed E-state index contributed by atoms with van der Waals surface area (Å²) in [4.78, 5) is 2.28. The number of nitrogens with two attached hydrogens (primary N) is 1. The van der Waals surface area contributed by atoms with Crippen molar-refractivity contribution in [3.05, 3.63) is 34.9 Å². The Hall–Kier alpha value is -0.610. The van der Waals surface area contributed by atoms with Gasteiger partial charge >= 0.3 is 0 Å². The fraction of sp³-hybridized carbons (Fsp3) is 0.600. The van der Waals surface area contributed by atoms with Crippen molar-refractivity contribution < 1.29 is 4.74 Å². The maximum atomic E-state index is 6.03. The zero-order valence-electron chi connectivity index (χ0n) is 12.3. The van der Waals surface area contributed by atoms with Crippen molar-refractivity contribution in [2.45, 2.75) is 25.9 Å². The van der Waals surface area contributed by atoms with Gasteiger partial charge in [-0.15, -0.1) is 0 Å². The molecule has 1 rings (SSSR count). The van der Waals surface area contributed by atoms with E-state index in [0.717, 1.165) is 11.6 Å². The summed E-state index contributed by atoms with van der Waals surface area (Å²) in [6.07, 6.45) is 0. The minimum atomic E-state index is -0.144. The average Bonchev–Trinajstić information content (AvgIpc) is 2.38. The number of hydrogen-bond donors (Lipinski definition) is 1. The summed E-state index contributed by atoms with van der Waals surface area (Å²) >= 11 is 5.91. The molecule has 4 heteroatoms. The first-order valence-electron chi connectivity index (χ1n) is 6.61. The lowest BCUT2D eigenvalue weighted by atomic mass is 9.85. The minimum Gasteiger partial charge on any atom is -0.383 e. The van der Waals surface area contributed by atoms with Gasteiger partial charge in [-0.05, 0) is 30.7 Å². The lowest BCUT2D eigenvalue weighted by Gasteiger charge is -2.44. The van der Waals surface area contributed by atoms with E-state index in [1.165, 1.54) is 5.56 Å². The van der Waals surface area contributed by atoms with E-state index in [1.54, 1.807) is 7.11 Å². The summed E-state index contributed by atoms with van der Waals surface area (Å²) in [7, 11) is 3.82. The molecule has 0 fully saturated rings. The maximum absolute atomic E-state index is 6.03. The van der Waals surface area contributed by atoms with Crippen molar-refractivity contribution in [2.75, 3.05) is 27.3 Å². The first-order valence-corrected chi connectivity index (χ1v) is 6.98. The highest BCUT2D eigenvalue weighted by atomic mass is 35.5. The first-order chi connectivity index (χ1) is 8.96. The number of benzene rings is 1. The molecule has 1 unspecified atom stereocenters. The molecule has 0 aliphatic heterocycles. The van der Waals surface area contributed by atoms with Crippen molar-refractivity contribution in [3.63, 3.8) is 0 Å². The molecule has 0 aromatic heterocycles. The van der Waals surface area contributed by atoms with Gasteiger partial charge in [-0.2, -0.15) is 0 Å². The molecule has 1 aromatic rings.